The van der Waals surface area contributed by atoms with Crippen molar-refractivity contribution in [2.75, 3.05) is 17.7 Å². The van der Waals surface area contributed by atoms with Gasteiger partial charge in [0.25, 0.3) is 0 Å². The molecule has 0 amide bonds. The highest BCUT2D eigenvalue weighted by Gasteiger charge is 2.36. The quantitative estimate of drug-likeness (QED) is 0.851. The van der Waals surface area contributed by atoms with Gasteiger partial charge in [0, 0.05) is 24.1 Å². The van der Waals surface area contributed by atoms with Gasteiger partial charge in [-0.2, -0.15) is 0 Å². The Balaban J connectivity index is 1.92. The molecule has 104 valence electrons. The molecular formula is C15H24N4. The van der Waals surface area contributed by atoms with Crippen LogP contribution in [0.2, 0.25) is 0 Å². The van der Waals surface area contributed by atoms with E-state index < -0.39 is 0 Å². The first-order chi connectivity index (χ1) is 9.17. The first-order valence-electron chi connectivity index (χ1n) is 7.52. The second-order valence-electron chi connectivity index (χ2n) is 6.04. The Morgan fingerprint density at radius 3 is 2.37 bits per heavy atom. The van der Waals surface area contributed by atoms with Crippen LogP contribution in [0.4, 0.5) is 11.6 Å². The molecule has 0 saturated heterocycles. The maximum absolute atomic E-state index is 4.80. The lowest BCUT2D eigenvalue weighted by molar-refractivity contribution is 0.268. The minimum Gasteiger partial charge on any atom is -0.373 e. The zero-order valence-electron chi connectivity index (χ0n) is 12.2. The number of nitrogens with one attached hydrogen (secondary N) is 2. The molecule has 0 bridgehead atoms. The van der Waals surface area contributed by atoms with Crippen molar-refractivity contribution in [1.29, 1.82) is 0 Å². The predicted octanol–water partition coefficient (Wildman–Crippen LogP) is 3.45. The number of hydrogen-bond donors (Lipinski definition) is 2. The monoisotopic (exact) mass is 260 g/mol. The first-order valence-corrected chi connectivity index (χ1v) is 7.52. The summed E-state index contributed by atoms with van der Waals surface area (Å²) in [6.07, 6.45) is 7.51. The van der Waals surface area contributed by atoms with Gasteiger partial charge in [-0.05, 0) is 45.4 Å². The van der Waals surface area contributed by atoms with Crippen molar-refractivity contribution >= 4 is 11.6 Å². The van der Waals surface area contributed by atoms with Gasteiger partial charge >= 0.3 is 0 Å². The van der Waals surface area contributed by atoms with Crippen LogP contribution in [0.15, 0.2) is 0 Å². The molecule has 2 saturated carbocycles. The van der Waals surface area contributed by atoms with E-state index in [1.807, 2.05) is 7.05 Å². The summed E-state index contributed by atoms with van der Waals surface area (Å²) in [7, 11) is 1.94. The van der Waals surface area contributed by atoms with Gasteiger partial charge in [0.15, 0.2) is 0 Å². The van der Waals surface area contributed by atoms with Crippen molar-refractivity contribution < 1.29 is 0 Å². The van der Waals surface area contributed by atoms with Crippen LogP contribution in [-0.4, -0.2) is 22.6 Å². The number of rotatable bonds is 5. The third kappa shape index (κ3) is 2.28. The number of anilines is 2. The lowest BCUT2D eigenvalue weighted by atomic mass is 9.75. The Kier molecular flexibility index (Phi) is 3.11. The zero-order valence-corrected chi connectivity index (χ0v) is 12.2. The molecule has 4 nitrogen and oxygen atoms in total. The van der Waals surface area contributed by atoms with E-state index in [2.05, 4.69) is 29.5 Å². The van der Waals surface area contributed by atoms with E-state index in [9.17, 15) is 0 Å². The van der Waals surface area contributed by atoms with Crippen LogP contribution >= 0.6 is 0 Å². The minimum atomic E-state index is 0.283. The molecule has 0 unspecified atom stereocenters. The fourth-order valence-electron chi connectivity index (χ4n) is 2.84. The van der Waals surface area contributed by atoms with Gasteiger partial charge in [-0.15, -0.1) is 0 Å². The van der Waals surface area contributed by atoms with E-state index in [1.165, 1.54) is 38.5 Å². The summed E-state index contributed by atoms with van der Waals surface area (Å²) in [5, 5.41) is 6.92. The molecule has 2 aliphatic rings. The molecule has 4 heteroatoms. The maximum atomic E-state index is 4.80. The van der Waals surface area contributed by atoms with Crippen LogP contribution < -0.4 is 10.6 Å². The van der Waals surface area contributed by atoms with Crippen molar-refractivity contribution in [3.05, 3.63) is 11.4 Å². The van der Waals surface area contributed by atoms with Gasteiger partial charge in [-0.25, -0.2) is 9.97 Å². The molecule has 3 rings (SSSR count). The topological polar surface area (TPSA) is 49.8 Å². The molecule has 1 heterocycles. The van der Waals surface area contributed by atoms with Gasteiger partial charge in [0.2, 0.25) is 0 Å². The van der Waals surface area contributed by atoms with E-state index in [0.29, 0.717) is 5.92 Å². The van der Waals surface area contributed by atoms with Crippen molar-refractivity contribution in [3.63, 3.8) is 0 Å². The van der Waals surface area contributed by atoms with Gasteiger partial charge in [-0.1, -0.05) is 6.92 Å². The molecule has 0 aliphatic heterocycles. The van der Waals surface area contributed by atoms with Gasteiger partial charge in [-0.3, -0.25) is 0 Å². The molecule has 0 aromatic carbocycles. The molecular weight excluding hydrogens is 236 g/mol. The number of aromatic nitrogens is 2. The van der Waals surface area contributed by atoms with Gasteiger partial charge in [0.1, 0.15) is 17.5 Å². The molecule has 1 aromatic rings. The Hall–Kier alpha value is -1.32. The molecule has 0 atom stereocenters. The predicted molar refractivity (Wildman–Crippen MR) is 78.8 cm³/mol. The number of hydrogen-bond acceptors (Lipinski definition) is 4. The highest BCUT2D eigenvalue weighted by Crippen LogP contribution is 2.42. The Morgan fingerprint density at radius 2 is 1.89 bits per heavy atom. The number of nitrogens with zero attached hydrogens (tertiary/aromatic N) is 2. The molecule has 0 radical (unpaired) electrons. The lowest BCUT2D eigenvalue weighted by Gasteiger charge is -2.42. The summed E-state index contributed by atoms with van der Waals surface area (Å²) in [6.45, 7) is 4.37. The van der Waals surface area contributed by atoms with E-state index >= 15 is 0 Å². The Bertz CT molecular complexity index is 470. The Morgan fingerprint density at radius 1 is 1.21 bits per heavy atom. The second-order valence-corrected chi connectivity index (χ2v) is 6.04. The summed E-state index contributed by atoms with van der Waals surface area (Å²) in [5.41, 5.74) is 1.43. The van der Waals surface area contributed by atoms with Crippen molar-refractivity contribution in [3.8, 4) is 0 Å². The minimum absolute atomic E-state index is 0.283. The van der Waals surface area contributed by atoms with Crippen molar-refractivity contribution in [2.24, 2.45) is 0 Å². The largest absolute Gasteiger partial charge is 0.373 e. The average Bonchev–Trinajstić information content (AvgIpc) is 3.20. The molecule has 19 heavy (non-hydrogen) atoms. The molecule has 1 aromatic heterocycles. The van der Waals surface area contributed by atoms with E-state index in [1.54, 1.807) is 0 Å². The van der Waals surface area contributed by atoms with Crippen LogP contribution in [0.25, 0.3) is 0 Å². The van der Waals surface area contributed by atoms with Crippen LogP contribution in [0.5, 0.6) is 0 Å². The summed E-state index contributed by atoms with van der Waals surface area (Å²) in [4.78, 5) is 9.45. The van der Waals surface area contributed by atoms with Crippen LogP contribution in [-0.2, 0) is 0 Å². The SMILES string of the molecule is CCC1(Nc2nc(C3CC3)nc(NC)c2C)CCC1. The van der Waals surface area contributed by atoms with Gasteiger partial charge in [0.05, 0.1) is 0 Å². The summed E-state index contributed by atoms with van der Waals surface area (Å²) < 4.78 is 0. The normalized spacial score (nSPS) is 20.8. The van der Waals surface area contributed by atoms with Gasteiger partial charge < -0.3 is 10.6 Å². The molecule has 2 N–H and O–H groups in total. The van der Waals surface area contributed by atoms with Crippen LogP contribution in [0.1, 0.15) is 62.8 Å². The summed E-state index contributed by atoms with van der Waals surface area (Å²) in [5.74, 6) is 3.63. The third-order valence-corrected chi connectivity index (χ3v) is 4.71. The lowest BCUT2D eigenvalue weighted by Crippen LogP contribution is -2.44. The van der Waals surface area contributed by atoms with Crippen molar-refractivity contribution in [1.82, 2.24) is 9.97 Å². The highest BCUT2D eigenvalue weighted by atomic mass is 15.1. The molecule has 2 fully saturated rings. The average molecular weight is 260 g/mol. The van der Waals surface area contributed by atoms with Crippen molar-refractivity contribution in [2.45, 2.75) is 63.8 Å². The van der Waals surface area contributed by atoms with E-state index in [4.69, 9.17) is 4.98 Å². The fraction of sp³-hybridized carbons (Fsp3) is 0.733. The fourth-order valence-corrected chi connectivity index (χ4v) is 2.84. The van der Waals surface area contributed by atoms with E-state index in [-0.39, 0.29) is 5.54 Å². The van der Waals surface area contributed by atoms with E-state index in [0.717, 1.165) is 23.0 Å². The Labute approximate surface area is 115 Å². The third-order valence-electron chi connectivity index (χ3n) is 4.71. The highest BCUT2D eigenvalue weighted by molar-refractivity contribution is 5.58. The standard InChI is InChI=1S/C15H24N4/c1-4-15(8-5-9-15)19-13-10(2)12(16-3)17-14(18-13)11-6-7-11/h11H,4-9H2,1-3H3,(H2,16,17,18,19). The first kappa shape index (κ1) is 12.7. The smallest absolute Gasteiger partial charge is 0.136 e. The van der Waals surface area contributed by atoms with Crippen LogP contribution in [0, 0.1) is 6.92 Å². The summed E-state index contributed by atoms with van der Waals surface area (Å²) in [6, 6.07) is 0. The second kappa shape index (κ2) is 4.66. The maximum Gasteiger partial charge on any atom is 0.136 e. The van der Waals surface area contributed by atoms with Crippen LogP contribution in [0.3, 0.4) is 0 Å². The molecule has 0 spiro atoms. The molecule has 2 aliphatic carbocycles. The summed E-state index contributed by atoms with van der Waals surface area (Å²) >= 11 is 0. The zero-order chi connectivity index (χ0) is 13.5.